The van der Waals surface area contributed by atoms with Crippen LogP contribution in [0, 0.1) is 6.07 Å². The van der Waals surface area contributed by atoms with Crippen molar-refractivity contribution < 1.29 is 0 Å². The van der Waals surface area contributed by atoms with Crippen LogP contribution in [-0.4, -0.2) is 0 Å². The SMILES string of the molecule is CCCCc1c2[c]cccc2cc2ccccc12. The van der Waals surface area contributed by atoms with Gasteiger partial charge in [-0.2, -0.15) is 0 Å². The highest BCUT2D eigenvalue weighted by Gasteiger charge is 2.06. The summed E-state index contributed by atoms with van der Waals surface area (Å²) in [5.74, 6) is 0. The van der Waals surface area contributed by atoms with Crippen molar-refractivity contribution in [3.63, 3.8) is 0 Å². The van der Waals surface area contributed by atoms with Crippen molar-refractivity contribution in [2.45, 2.75) is 26.2 Å². The van der Waals surface area contributed by atoms with Crippen LogP contribution in [-0.2, 0) is 6.42 Å². The van der Waals surface area contributed by atoms with Gasteiger partial charge in [-0.25, -0.2) is 0 Å². The Bertz CT molecular complexity index is 626. The van der Waals surface area contributed by atoms with Crippen molar-refractivity contribution in [1.82, 2.24) is 0 Å². The van der Waals surface area contributed by atoms with Gasteiger partial charge in [0.15, 0.2) is 0 Å². The van der Waals surface area contributed by atoms with E-state index in [1.807, 2.05) is 6.07 Å². The van der Waals surface area contributed by atoms with Gasteiger partial charge in [0.25, 0.3) is 0 Å². The maximum atomic E-state index is 3.42. The molecule has 0 fully saturated rings. The minimum absolute atomic E-state index is 1.15. The molecule has 1 radical (unpaired) electrons. The fourth-order valence-corrected chi connectivity index (χ4v) is 2.64. The first-order valence-corrected chi connectivity index (χ1v) is 6.71. The molecule has 0 heteroatoms. The highest BCUT2D eigenvalue weighted by Crippen LogP contribution is 2.29. The minimum Gasteiger partial charge on any atom is -0.0654 e. The molecule has 0 unspecified atom stereocenters. The topological polar surface area (TPSA) is 0 Å². The van der Waals surface area contributed by atoms with Crippen LogP contribution in [0.2, 0.25) is 0 Å². The van der Waals surface area contributed by atoms with Crippen molar-refractivity contribution in [3.8, 4) is 0 Å². The van der Waals surface area contributed by atoms with E-state index in [4.69, 9.17) is 0 Å². The van der Waals surface area contributed by atoms with E-state index in [1.54, 1.807) is 0 Å². The van der Waals surface area contributed by atoms with Crippen LogP contribution in [0.25, 0.3) is 21.5 Å². The van der Waals surface area contributed by atoms with E-state index in [0.717, 1.165) is 6.42 Å². The number of rotatable bonds is 3. The fourth-order valence-electron chi connectivity index (χ4n) is 2.64. The van der Waals surface area contributed by atoms with Gasteiger partial charge in [-0.15, -0.1) is 0 Å². The first-order chi connectivity index (χ1) is 8.90. The summed E-state index contributed by atoms with van der Waals surface area (Å²) >= 11 is 0. The second kappa shape index (κ2) is 4.81. The number of benzene rings is 3. The molecule has 3 aromatic rings. The molecule has 0 saturated heterocycles. The molecule has 0 nitrogen and oxygen atoms in total. The van der Waals surface area contributed by atoms with Crippen LogP contribution in [0.4, 0.5) is 0 Å². The molecule has 0 N–H and O–H groups in total. The molecule has 0 bridgehead atoms. The largest absolute Gasteiger partial charge is 0.0654 e. The lowest BCUT2D eigenvalue weighted by Gasteiger charge is -2.10. The lowest BCUT2D eigenvalue weighted by molar-refractivity contribution is 0.802. The molecular formula is C18H17. The van der Waals surface area contributed by atoms with Gasteiger partial charge >= 0.3 is 0 Å². The van der Waals surface area contributed by atoms with Crippen LogP contribution < -0.4 is 0 Å². The Morgan fingerprint density at radius 2 is 1.83 bits per heavy atom. The Labute approximate surface area is 108 Å². The van der Waals surface area contributed by atoms with Crippen LogP contribution in [0.3, 0.4) is 0 Å². The Balaban J connectivity index is 2.34. The van der Waals surface area contributed by atoms with Gasteiger partial charge in [0, 0.05) is 0 Å². The first kappa shape index (κ1) is 11.3. The van der Waals surface area contributed by atoms with E-state index < -0.39 is 0 Å². The maximum Gasteiger partial charge on any atom is -0.00667 e. The quantitative estimate of drug-likeness (QED) is 0.550. The highest BCUT2D eigenvalue weighted by atomic mass is 14.1. The normalized spacial score (nSPS) is 11.2. The smallest absolute Gasteiger partial charge is 0.00667 e. The van der Waals surface area contributed by atoms with Gasteiger partial charge in [-0.3, -0.25) is 0 Å². The van der Waals surface area contributed by atoms with Gasteiger partial charge in [-0.1, -0.05) is 55.8 Å². The van der Waals surface area contributed by atoms with E-state index in [1.165, 1.54) is 39.9 Å². The molecule has 89 valence electrons. The van der Waals surface area contributed by atoms with Gasteiger partial charge in [0.05, 0.1) is 0 Å². The molecule has 3 rings (SSSR count). The maximum absolute atomic E-state index is 3.42. The number of hydrogen-bond acceptors (Lipinski definition) is 0. The van der Waals surface area contributed by atoms with Crippen LogP contribution in [0.1, 0.15) is 25.3 Å². The third-order valence-corrected chi connectivity index (χ3v) is 3.57. The summed E-state index contributed by atoms with van der Waals surface area (Å²) in [6, 6.07) is 20.7. The van der Waals surface area contributed by atoms with Gasteiger partial charge in [-0.05, 0) is 52.1 Å². The fraction of sp³-hybridized carbons (Fsp3) is 0.222. The monoisotopic (exact) mass is 233 g/mol. The number of aryl methyl sites for hydroxylation is 1. The molecule has 0 aliphatic rings. The summed E-state index contributed by atoms with van der Waals surface area (Å²) in [5.41, 5.74) is 1.46. The highest BCUT2D eigenvalue weighted by molar-refractivity contribution is 6.01. The molecule has 0 spiro atoms. The number of unbranched alkanes of at least 4 members (excludes halogenated alkanes) is 1. The number of hydrogen-bond donors (Lipinski definition) is 0. The zero-order valence-electron chi connectivity index (χ0n) is 10.7. The summed E-state index contributed by atoms with van der Waals surface area (Å²) in [6.45, 7) is 2.25. The van der Waals surface area contributed by atoms with Crippen molar-refractivity contribution in [2.75, 3.05) is 0 Å². The van der Waals surface area contributed by atoms with Crippen molar-refractivity contribution in [1.29, 1.82) is 0 Å². The first-order valence-electron chi connectivity index (χ1n) is 6.71. The van der Waals surface area contributed by atoms with Crippen molar-refractivity contribution in [3.05, 3.63) is 60.2 Å². The lowest BCUT2D eigenvalue weighted by Crippen LogP contribution is -1.90. The standard InChI is InChI=1S/C18H17/c1-2-3-10-18-16-11-6-4-8-14(16)13-15-9-5-7-12-17(15)18/h4-9,11,13H,2-3,10H2,1H3. The summed E-state index contributed by atoms with van der Waals surface area (Å²) in [7, 11) is 0. The molecule has 18 heavy (non-hydrogen) atoms. The van der Waals surface area contributed by atoms with Crippen LogP contribution in [0.15, 0.2) is 48.5 Å². The summed E-state index contributed by atoms with van der Waals surface area (Å²) in [5, 5.41) is 5.34. The molecule has 0 saturated carbocycles. The molecule has 0 heterocycles. The second-order valence-corrected chi connectivity index (χ2v) is 4.81. The summed E-state index contributed by atoms with van der Waals surface area (Å²) < 4.78 is 0. The van der Waals surface area contributed by atoms with Crippen molar-refractivity contribution in [2.24, 2.45) is 0 Å². The molecule has 0 aliphatic heterocycles. The third kappa shape index (κ3) is 1.88. The molecule has 0 aromatic heterocycles. The third-order valence-electron chi connectivity index (χ3n) is 3.57. The predicted octanol–water partition coefficient (Wildman–Crippen LogP) is 5.14. The van der Waals surface area contributed by atoms with E-state index in [0.29, 0.717) is 0 Å². The van der Waals surface area contributed by atoms with Gasteiger partial charge in [0.1, 0.15) is 0 Å². The molecular weight excluding hydrogens is 216 g/mol. The summed E-state index contributed by atoms with van der Waals surface area (Å²) in [4.78, 5) is 0. The van der Waals surface area contributed by atoms with E-state index >= 15 is 0 Å². The van der Waals surface area contributed by atoms with E-state index in [-0.39, 0.29) is 0 Å². The molecule has 0 atom stereocenters. The number of fused-ring (bicyclic) bond motifs is 2. The zero-order valence-corrected chi connectivity index (χ0v) is 10.7. The Hall–Kier alpha value is -1.82. The predicted molar refractivity (Wildman–Crippen MR) is 78.9 cm³/mol. The average molecular weight is 233 g/mol. The Morgan fingerprint density at radius 3 is 2.72 bits per heavy atom. The van der Waals surface area contributed by atoms with E-state index in [2.05, 4.69) is 55.5 Å². The Morgan fingerprint density at radius 1 is 1.00 bits per heavy atom. The minimum atomic E-state index is 1.15. The summed E-state index contributed by atoms with van der Waals surface area (Å²) in [6.07, 6.45) is 3.62. The zero-order chi connectivity index (χ0) is 12.4. The lowest BCUT2D eigenvalue weighted by atomic mass is 9.94. The van der Waals surface area contributed by atoms with Crippen LogP contribution >= 0.6 is 0 Å². The van der Waals surface area contributed by atoms with Gasteiger partial charge in [0.2, 0.25) is 0 Å². The van der Waals surface area contributed by atoms with Crippen LogP contribution in [0.5, 0.6) is 0 Å². The molecule has 0 aliphatic carbocycles. The Kier molecular flexibility index (Phi) is 3.02. The van der Waals surface area contributed by atoms with E-state index in [9.17, 15) is 0 Å². The molecule has 3 aromatic carbocycles. The van der Waals surface area contributed by atoms with Crippen molar-refractivity contribution >= 4 is 21.5 Å². The molecule has 0 amide bonds. The average Bonchev–Trinajstić information content (AvgIpc) is 2.43. The van der Waals surface area contributed by atoms with Gasteiger partial charge < -0.3 is 0 Å². The second-order valence-electron chi connectivity index (χ2n) is 4.81.